The summed E-state index contributed by atoms with van der Waals surface area (Å²) in [7, 11) is 0. The summed E-state index contributed by atoms with van der Waals surface area (Å²) in [4.78, 5) is 23.3. The van der Waals surface area contributed by atoms with E-state index in [1.54, 1.807) is 36.4 Å². The summed E-state index contributed by atoms with van der Waals surface area (Å²) in [6.07, 6.45) is 0.505. The fraction of sp³-hybridized carbons (Fsp3) is 0.211. The molecule has 0 aliphatic carbocycles. The molecule has 6 nitrogen and oxygen atoms in total. The third-order valence-electron chi connectivity index (χ3n) is 3.49. The minimum absolute atomic E-state index is 0.199. The smallest absolute Gasteiger partial charge is 0.326 e. The van der Waals surface area contributed by atoms with Crippen LogP contribution >= 0.6 is 0 Å². The van der Waals surface area contributed by atoms with Gasteiger partial charge in [-0.1, -0.05) is 42.5 Å². The number of ether oxygens (including phenoxy) is 1. The van der Waals surface area contributed by atoms with E-state index >= 15 is 0 Å². The average Bonchev–Trinajstić information content (AvgIpc) is 2.61. The lowest BCUT2D eigenvalue weighted by molar-refractivity contribution is -0.142. The quantitative estimate of drug-likeness (QED) is 0.766. The van der Waals surface area contributed by atoms with Gasteiger partial charge in [0.1, 0.15) is 11.8 Å². The van der Waals surface area contributed by atoms with Crippen LogP contribution in [0.2, 0.25) is 0 Å². The molecule has 128 valence electrons. The third-order valence-corrected chi connectivity index (χ3v) is 3.49. The first-order valence-electron chi connectivity index (χ1n) is 7.73. The fourth-order valence-corrected chi connectivity index (χ4v) is 2.23. The lowest BCUT2D eigenvalue weighted by Crippen LogP contribution is -2.44. The zero-order valence-corrected chi connectivity index (χ0v) is 13.5. The molecule has 0 spiro atoms. The van der Waals surface area contributed by atoms with Gasteiger partial charge < -0.3 is 15.2 Å². The number of carboxylic acid groups (broad SMARTS) is 1. The molecule has 0 aliphatic rings. The second kappa shape index (κ2) is 9.08. The average molecular weight is 338 g/mol. The summed E-state index contributed by atoms with van der Waals surface area (Å²) in [5, 5.41) is 20.3. The molecule has 0 aliphatic heterocycles. The van der Waals surface area contributed by atoms with E-state index in [1.807, 2.05) is 24.3 Å². The minimum Gasteiger partial charge on any atom is -0.484 e. The molecule has 0 bridgehead atoms. The van der Waals surface area contributed by atoms with Gasteiger partial charge in [0.05, 0.1) is 12.5 Å². The second-order valence-corrected chi connectivity index (χ2v) is 5.42. The summed E-state index contributed by atoms with van der Waals surface area (Å²) >= 11 is 0. The summed E-state index contributed by atoms with van der Waals surface area (Å²) in [5.74, 6) is -1.13. The molecule has 1 amide bonds. The predicted molar refractivity (Wildman–Crippen MR) is 91.0 cm³/mol. The normalized spacial score (nSPS) is 11.2. The Labute approximate surface area is 145 Å². The highest BCUT2D eigenvalue weighted by atomic mass is 16.5. The van der Waals surface area contributed by atoms with Gasteiger partial charge in [0.15, 0.2) is 6.61 Å². The molecule has 0 unspecified atom stereocenters. The maximum absolute atomic E-state index is 11.9. The maximum atomic E-state index is 11.9. The van der Waals surface area contributed by atoms with Gasteiger partial charge in [-0.15, -0.1) is 0 Å². The van der Waals surface area contributed by atoms with E-state index in [1.165, 1.54) is 0 Å². The van der Waals surface area contributed by atoms with Crippen molar-refractivity contribution in [1.29, 1.82) is 5.26 Å². The summed E-state index contributed by atoms with van der Waals surface area (Å²) < 4.78 is 5.34. The molecule has 25 heavy (non-hydrogen) atoms. The number of aliphatic carboxylic acids is 1. The monoisotopic (exact) mass is 338 g/mol. The zero-order valence-electron chi connectivity index (χ0n) is 13.5. The third kappa shape index (κ3) is 5.99. The van der Waals surface area contributed by atoms with Crippen molar-refractivity contribution in [3.63, 3.8) is 0 Å². The fourth-order valence-electron chi connectivity index (χ4n) is 2.23. The molecule has 0 heterocycles. The van der Waals surface area contributed by atoms with Gasteiger partial charge in [-0.3, -0.25) is 4.79 Å². The number of carboxylic acids is 1. The van der Waals surface area contributed by atoms with Crippen molar-refractivity contribution in [3.05, 3.63) is 65.7 Å². The first-order valence-corrected chi connectivity index (χ1v) is 7.73. The highest BCUT2D eigenvalue weighted by molar-refractivity contribution is 5.84. The molecule has 2 N–H and O–H groups in total. The van der Waals surface area contributed by atoms with Gasteiger partial charge in [0.2, 0.25) is 0 Å². The second-order valence-electron chi connectivity index (χ2n) is 5.42. The molecule has 0 saturated carbocycles. The Balaban J connectivity index is 1.86. The van der Waals surface area contributed by atoms with Crippen molar-refractivity contribution >= 4 is 11.9 Å². The molecular weight excluding hydrogens is 320 g/mol. The Morgan fingerprint density at radius 1 is 1.08 bits per heavy atom. The van der Waals surface area contributed by atoms with E-state index in [4.69, 9.17) is 10.00 Å². The Morgan fingerprint density at radius 3 is 2.36 bits per heavy atom. The molecule has 2 aromatic carbocycles. The lowest BCUT2D eigenvalue weighted by atomic mass is 10.1. The number of hydrogen-bond donors (Lipinski definition) is 2. The highest BCUT2D eigenvalue weighted by Crippen LogP contribution is 2.12. The lowest BCUT2D eigenvalue weighted by Gasteiger charge is -2.15. The highest BCUT2D eigenvalue weighted by Gasteiger charge is 2.20. The number of carbonyl (C=O) groups excluding carboxylic acids is 1. The Morgan fingerprint density at radius 2 is 1.76 bits per heavy atom. The van der Waals surface area contributed by atoms with Crippen LogP contribution in [0.3, 0.4) is 0 Å². The van der Waals surface area contributed by atoms with E-state index in [0.29, 0.717) is 12.2 Å². The van der Waals surface area contributed by atoms with Crippen molar-refractivity contribution in [1.82, 2.24) is 5.32 Å². The number of rotatable bonds is 8. The van der Waals surface area contributed by atoms with E-state index in [2.05, 4.69) is 5.32 Å². The minimum atomic E-state index is -1.10. The number of carbonyl (C=O) groups is 2. The Kier molecular flexibility index (Phi) is 6.55. The predicted octanol–water partition coefficient (Wildman–Crippen LogP) is 1.94. The molecule has 2 aromatic rings. The number of nitriles is 1. The van der Waals surface area contributed by atoms with Crippen LogP contribution in [-0.4, -0.2) is 29.6 Å². The standard InChI is InChI=1S/C19H18N2O4/c20-11-10-14-6-8-16(9-7-14)25-13-18(22)21-17(19(23)24)12-15-4-2-1-3-5-15/h1-9,17H,10,12-13H2,(H,21,22)(H,23,24)/t17-/m1/s1. The van der Waals surface area contributed by atoms with Crippen molar-refractivity contribution in [2.75, 3.05) is 6.61 Å². The number of amides is 1. The summed E-state index contributed by atoms with van der Waals surface area (Å²) in [5.41, 5.74) is 1.68. The number of nitrogens with zero attached hydrogens (tertiary/aromatic N) is 1. The van der Waals surface area contributed by atoms with E-state index in [0.717, 1.165) is 11.1 Å². The Hall–Kier alpha value is -3.33. The van der Waals surface area contributed by atoms with Gasteiger partial charge in [-0.2, -0.15) is 5.26 Å². The van der Waals surface area contributed by atoms with Crippen LogP contribution in [0.5, 0.6) is 5.75 Å². The van der Waals surface area contributed by atoms with Gasteiger partial charge in [0.25, 0.3) is 5.91 Å². The summed E-state index contributed by atoms with van der Waals surface area (Å²) in [6, 6.07) is 16.9. The van der Waals surface area contributed by atoms with Crippen LogP contribution in [-0.2, 0) is 22.4 Å². The molecular formula is C19H18N2O4. The van der Waals surface area contributed by atoms with Crippen molar-refractivity contribution in [2.45, 2.75) is 18.9 Å². The maximum Gasteiger partial charge on any atom is 0.326 e. The van der Waals surface area contributed by atoms with Gasteiger partial charge in [-0.25, -0.2) is 4.79 Å². The van der Waals surface area contributed by atoms with Gasteiger partial charge in [0, 0.05) is 6.42 Å². The summed E-state index contributed by atoms with van der Waals surface area (Å²) in [6.45, 7) is -0.282. The van der Waals surface area contributed by atoms with Crippen LogP contribution in [0, 0.1) is 11.3 Å². The molecule has 0 fully saturated rings. The van der Waals surface area contributed by atoms with Crippen LogP contribution in [0.25, 0.3) is 0 Å². The number of nitrogens with one attached hydrogen (secondary N) is 1. The van der Waals surface area contributed by atoms with Crippen LogP contribution in [0.15, 0.2) is 54.6 Å². The van der Waals surface area contributed by atoms with Crippen LogP contribution in [0.1, 0.15) is 11.1 Å². The van der Waals surface area contributed by atoms with Crippen molar-refractivity contribution < 1.29 is 19.4 Å². The van der Waals surface area contributed by atoms with Gasteiger partial charge in [-0.05, 0) is 23.3 Å². The number of hydrogen-bond acceptors (Lipinski definition) is 4. The first kappa shape index (κ1) is 18.0. The number of benzene rings is 2. The largest absolute Gasteiger partial charge is 0.484 e. The molecule has 2 rings (SSSR count). The van der Waals surface area contributed by atoms with Crippen LogP contribution < -0.4 is 10.1 Å². The first-order chi connectivity index (χ1) is 12.1. The zero-order chi connectivity index (χ0) is 18.1. The molecule has 6 heteroatoms. The van der Waals surface area contributed by atoms with Crippen LogP contribution in [0.4, 0.5) is 0 Å². The Bertz CT molecular complexity index is 751. The van der Waals surface area contributed by atoms with E-state index in [9.17, 15) is 14.7 Å². The molecule has 0 aromatic heterocycles. The molecule has 1 atom stereocenters. The van der Waals surface area contributed by atoms with Gasteiger partial charge >= 0.3 is 5.97 Å². The van der Waals surface area contributed by atoms with E-state index < -0.39 is 17.9 Å². The topological polar surface area (TPSA) is 99.4 Å². The van der Waals surface area contributed by atoms with Crippen molar-refractivity contribution in [2.24, 2.45) is 0 Å². The molecule has 0 saturated heterocycles. The molecule has 0 radical (unpaired) electrons. The van der Waals surface area contributed by atoms with E-state index in [-0.39, 0.29) is 13.0 Å². The SMILES string of the molecule is N#CCc1ccc(OCC(=O)N[C@H](Cc2ccccc2)C(=O)O)cc1. The van der Waals surface area contributed by atoms with Crippen molar-refractivity contribution in [3.8, 4) is 11.8 Å².